The van der Waals surface area contributed by atoms with E-state index in [4.69, 9.17) is 10.00 Å². The summed E-state index contributed by atoms with van der Waals surface area (Å²) in [5, 5.41) is 18.6. The minimum atomic E-state index is -0.0901. The molecule has 1 N–H and O–H groups in total. The van der Waals surface area contributed by atoms with Crippen molar-refractivity contribution < 1.29 is 9.84 Å². The molecule has 1 heterocycles. The van der Waals surface area contributed by atoms with E-state index in [0.29, 0.717) is 16.5 Å². The van der Waals surface area contributed by atoms with Crippen molar-refractivity contribution >= 4 is 11.3 Å². The van der Waals surface area contributed by atoms with Crippen LogP contribution in [0.2, 0.25) is 0 Å². The van der Waals surface area contributed by atoms with Gasteiger partial charge in [-0.1, -0.05) is 23.5 Å². The maximum Gasteiger partial charge on any atom is 0.273 e. The maximum atomic E-state index is 9.26. The lowest BCUT2D eigenvalue weighted by molar-refractivity contribution is 0.286. The Balaban J connectivity index is 2.51. The molecule has 0 saturated carbocycles. The summed E-state index contributed by atoms with van der Waals surface area (Å²) in [7, 11) is 1.54. The first-order valence-electron chi connectivity index (χ1n) is 4.93. The van der Waals surface area contributed by atoms with E-state index in [2.05, 4.69) is 11.1 Å². The highest BCUT2D eigenvalue weighted by atomic mass is 32.1. The van der Waals surface area contributed by atoms with Crippen LogP contribution in [0, 0.1) is 11.3 Å². The fraction of sp³-hybridized carbons (Fsp3) is 0.167. The van der Waals surface area contributed by atoms with E-state index in [1.54, 1.807) is 18.2 Å². The van der Waals surface area contributed by atoms with Crippen LogP contribution in [0.1, 0.15) is 10.4 Å². The normalized spacial score (nSPS) is 9.94. The first-order chi connectivity index (χ1) is 8.28. The molecule has 86 valence electrons. The summed E-state index contributed by atoms with van der Waals surface area (Å²) in [6.45, 7) is -0.0901. The van der Waals surface area contributed by atoms with Gasteiger partial charge in [0.1, 0.15) is 0 Å². The zero-order valence-electron chi connectivity index (χ0n) is 9.17. The second-order valence-corrected chi connectivity index (χ2v) is 4.35. The number of ether oxygens (including phenoxy) is 1. The Labute approximate surface area is 103 Å². The molecule has 1 aromatic heterocycles. The molecule has 1 aromatic carbocycles. The van der Waals surface area contributed by atoms with Gasteiger partial charge in [0.25, 0.3) is 5.19 Å². The quantitative estimate of drug-likeness (QED) is 0.901. The third kappa shape index (κ3) is 2.28. The Bertz CT molecular complexity index is 572. The Hall–Kier alpha value is -1.90. The third-order valence-electron chi connectivity index (χ3n) is 2.26. The van der Waals surface area contributed by atoms with E-state index >= 15 is 0 Å². The third-order valence-corrected chi connectivity index (χ3v) is 3.26. The van der Waals surface area contributed by atoms with Crippen LogP contribution in [0.3, 0.4) is 0 Å². The standard InChI is InChI=1S/C12H10N2O2S/c1-16-12-14-11(10(7-15)17-12)9-4-2-3-8(5-9)6-13/h2-5,15H,7H2,1H3. The molecule has 0 unspecified atom stereocenters. The molecule has 0 atom stereocenters. The highest BCUT2D eigenvalue weighted by Crippen LogP contribution is 2.32. The maximum absolute atomic E-state index is 9.26. The van der Waals surface area contributed by atoms with Gasteiger partial charge in [0, 0.05) is 5.56 Å². The van der Waals surface area contributed by atoms with Crippen molar-refractivity contribution in [1.82, 2.24) is 4.98 Å². The van der Waals surface area contributed by atoms with Crippen molar-refractivity contribution in [2.24, 2.45) is 0 Å². The number of methoxy groups -OCH3 is 1. The Kier molecular flexibility index (Phi) is 3.38. The summed E-state index contributed by atoms with van der Waals surface area (Å²) in [4.78, 5) is 5.01. The van der Waals surface area contributed by atoms with Gasteiger partial charge in [0.2, 0.25) is 0 Å². The molecule has 0 radical (unpaired) electrons. The van der Waals surface area contributed by atoms with Crippen molar-refractivity contribution in [2.75, 3.05) is 7.11 Å². The van der Waals surface area contributed by atoms with Crippen LogP contribution in [0.5, 0.6) is 5.19 Å². The summed E-state index contributed by atoms with van der Waals surface area (Å²) in [6.07, 6.45) is 0. The van der Waals surface area contributed by atoms with Gasteiger partial charge in [-0.2, -0.15) is 5.26 Å². The number of benzene rings is 1. The zero-order chi connectivity index (χ0) is 12.3. The topological polar surface area (TPSA) is 66.1 Å². The summed E-state index contributed by atoms with van der Waals surface area (Å²) < 4.78 is 5.05. The number of aliphatic hydroxyl groups is 1. The summed E-state index contributed by atoms with van der Waals surface area (Å²) in [5.41, 5.74) is 2.05. The Morgan fingerprint density at radius 2 is 2.35 bits per heavy atom. The lowest BCUT2D eigenvalue weighted by atomic mass is 10.1. The second-order valence-electron chi connectivity index (χ2n) is 3.31. The predicted molar refractivity (Wildman–Crippen MR) is 64.7 cm³/mol. The second kappa shape index (κ2) is 4.95. The van der Waals surface area contributed by atoms with E-state index in [1.807, 2.05) is 6.07 Å². The highest BCUT2D eigenvalue weighted by Gasteiger charge is 2.13. The van der Waals surface area contributed by atoms with Crippen molar-refractivity contribution in [3.05, 3.63) is 34.7 Å². The van der Waals surface area contributed by atoms with Crippen LogP contribution in [0.4, 0.5) is 0 Å². The van der Waals surface area contributed by atoms with Gasteiger partial charge in [0.15, 0.2) is 0 Å². The number of nitrogens with zero attached hydrogens (tertiary/aromatic N) is 2. The minimum Gasteiger partial charge on any atom is -0.473 e. The summed E-state index contributed by atoms with van der Waals surface area (Å²) in [6, 6.07) is 9.20. The summed E-state index contributed by atoms with van der Waals surface area (Å²) >= 11 is 1.30. The largest absolute Gasteiger partial charge is 0.473 e. The molecule has 0 amide bonds. The van der Waals surface area contributed by atoms with Crippen LogP contribution in [0.15, 0.2) is 24.3 Å². The molecule has 0 aliphatic rings. The molecular formula is C12H10N2O2S. The molecule has 2 aromatic rings. The Morgan fingerprint density at radius 3 is 3.00 bits per heavy atom. The van der Waals surface area contributed by atoms with Crippen LogP contribution in [-0.2, 0) is 6.61 Å². The van der Waals surface area contributed by atoms with Gasteiger partial charge >= 0.3 is 0 Å². The van der Waals surface area contributed by atoms with Gasteiger partial charge in [-0.05, 0) is 12.1 Å². The van der Waals surface area contributed by atoms with E-state index in [9.17, 15) is 5.11 Å². The van der Waals surface area contributed by atoms with E-state index in [0.717, 1.165) is 10.4 Å². The van der Waals surface area contributed by atoms with Crippen molar-refractivity contribution in [3.8, 4) is 22.5 Å². The van der Waals surface area contributed by atoms with Crippen LogP contribution in [-0.4, -0.2) is 17.2 Å². The first-order valence-corrected chi connectivity index (χ1v) is 5.75. The molecule has 0 saturated heterocycles. The highest BCUT2D eigenvalue weighted by molar-refractivity contribution is 7.13. The fourth-order valence-electron chi connectivity index (χ4n) is 1.49. The molecule has 17 heavy (non-hydrogen) atoms. The average Bonchev–Trinajstić information content (AvgIpc) is 2.82. The fourth-order valence-corrected chi connectivity index (χ4v) is 2.24. The van der Waals surface area contributed by atoms with E-state index < -0.39 is 0 Å². The average molecular weight is 246 g/mol. The number of hydrogen-bond acceptors (Lipinski definition) is 5. The molecule has 2 rings (SSSR count). The molecule has 0 fully saturated rings. The van der Waals surface area contributed by atoms with Crippen LogP contribution < -0.4 is 4.74 Å². The molecule has 0 spiro atoms. The lowest BCUT2D eigenvalue weighted by Crippen LogP contribution is -1.86. The van der Waals surface area contributed by atoms with Gasteiger partial charge in [-0.25, -0.2) is 4.98 Å². The number of nitriles is 1. The molecule has 4 nitrogen and oxygen atoms in total. The van der Waals surface area contributed by atoms with Gasteiger partial charge in [0.05, 0.1) is 35.9 Å². The predicted octanol–water partition coefficient (Wildman–Crippen LogP) is 2.18. The SMILES string of the molecule is COc1nc(-c2cccc(C#N)c2)c(CO)s1. The lowest BCUT2D eigenvalue weighted by Gasteiger charge is -1.99. The number of aromatic nitrogens is 1. The minimum absolute atomic E-state index is 0.0901. The van der Waals surface area contributed by atoms with Gasteiger partial charge in [-0.3, -0.25) is 0 Å². The van der Waals surface area contributed by atoms with Gasteiger partial charge < -0.3 is 9.84 Å². The van der Waals surface area contributed by atoms with E-state index in [-0.39, 0.29) is 6.61 Å². The molecule has 0 aliphatic heterocycles. The number of hydrogen-bond donors (Lipinski definition) is 1. The number of aliphatic hydroxyl groups excluding tert-OH is 1. The van der Waals surface area contributed by atoms with Gasteiger partial charge in [-0.15, -0.1) is 0 Å². The van der Waals surface area contributed by atoms with Crippen molar-refractivity contribution in [3.63, 3.8) is 0 Å². The van der Waals surface area contributed by atoms with Crippen LogP contribution >= 0.6 is 11.3 Å². The van der Waals surface area contributed by atoms with Crippen molar-refractivity contribution in [1.29, 1.82) is 5.26 Å². The van der Waals surface area contributed by atoms with Crippen LogP contribution in [0.25, 0.3) is 11.3 Å². The Morgan fingerprint density at radius 1 is 1.53 bits per heavy atom. The molecule has 5 heteroatoms. The molecule has 0 aliphatic carbocycles. The summed E-state index contributed by atoms with van der Waals surface area (Å²) in [5.74, 6) is 0. The number of rotatable bonds is 3. The monoisotopic (exact) mass is 246 g/mol. The first kappa shape index (κ1) is 11.6. The smallest absolute Gasteiger partial charge is 0.273 e. The number of thiazole rings is 1. The van der Waals surface area contributed by atoms with E-state index in [1.165, 1.54) is 18.4 Å². The zero-order valence-corrected chi connectivity index (χ0v) is 9.99. The molecular weight excluding hydrogens is 236 g/mol. The molecule has 0 bridgehead atoms. The van der Waals surface area contributed by atoms with Crippen molar-refractivity contribution in [2.45, 2.75) is 6.61 Å².